The zero-order valence-corrected chi connectivity index (χ0v) is 20.0. The van der Waals surface area contributed by atoms with Crippen LogP contribution in [-0.4, -0.2) is 39.9 Å². The lowest BCUT2D eigenvalue weighted by molar-refractivity contribution is 0.0717. The van der Waals surface area contributed by atoms with Crippen molar-refractivity contribution in [2.45, 2.75) is 32.7 Å². The highest BCUT2D eigenvalue weighted by atomic mass is 16.2. The Balaban J connectivity index is 1.35. The van der Waals surface area contributed by atoms with Gasteiger partial charge in [0, 0.05) is 48.3 Å². The molecular formula is C29H27N5O. The molecule has 1 aliphatic rings. The Kier molecular flexibility index (Phi) is 6.15. The van der Waals surface area contributed by atoms with E-state index in [2.05, 4.69) is 33.5 Å². The second-order valence-electron chi connectivity index (χ2n) is 9.11. The molecule has 174 valence electrons. The van der Waals surface area contributed by atoms with Crippen LogP contribution in [0, 0.1) is 25.2 Å². The molecule has 1 N–H and O–H groups in total. The number of likely N-dealkylation sites (tertiary alicyclic amines) is 1. The van der Waals surface area contributed by atoms with Crippen molar-refractivity contribution in [3.05, 3.63) is 89.5 Å². The van der Waals surface area contributed by atoms with Crippen LogP contribution in [0.1, 0.15) is 40.2 Å². The van der Waals surface area contributed by atoms with Gasteiger partial charge < -0.3 is 10.2 Å². The Hall–Kier alpha value is -4.24. The lowest BCUT2D eigenvalue weighted by atomic mass is 9.98. The Bertz CT molecular complexity index is 1450. The topological polar surface area (TPSA) is 81.9 Å². The maximum Gasteiger partial charge on any atom is 0.255 e. The molecule has 1 aliphatic heterocycles. The van der Waals surface area contributed by atoms with E-state index in [1.54, 1.807) is 6.20 Å². The fraction of sp³-hybridized carbons (Fsp3) is 0.241. The second-order valence-corrected chi connectivity index (χ2v) is 9.11. The number of aryl methyl sites for hydroxylation is 2. The summed E-state index contributed by atoms with van der Waals surface area (Å²) in [6.45, 7) is 5.23. The molecule has 0 unspecified atom stereocenters. The first kappa shape index (κ1) is 22.5. The van der Waals surface area contributed by atoms with Crippen LogP contribution in [0.2, 0.25) is 0 Å². The number of aromatic nitrogens is 2. The highest BCUT2D eigenvalue weighted by molar-refractivity contribution is 5.97. The van der Waals surface area contributed by atoms with Gasteiger partial charge in [0.05, 0.1) is 22.9 Å². The first-order valence-electron chi connectivity index (χ1n) is 11.9. The maximum absolute atomic E-state index is 13.1. The number of amides is 1. The molecule has 3 heterocycles. The fourth-order valence-corrected chi connectivity index (χ4v) is 4.78. The van der Waals surface area contributed by atoms with E-state index in [-0.39, 0.29) is 11.9 Å². The van der Waals surface area contributed by atoms with Gasteiger partial charge in [-0.05, 0) is 85.7 Å². The van der Waals surface area contributed by atoms with Crippen LogP contribution in [0.4, 0.5) is 5.69 Å². The largest absolute Gasteiger partial charge is 0.382 e. The summed E-state index contributed by atoms with van der Waals surface area (Å²) in [5.41, 5.74) is 6.12. The smallest absolute Gasteiger partial charge is 0.255 e. The van der Waals surface area contributed by atoms with Gasteiger partial charge in [0.1, 0.15) is 0 Å². The summed E-state index contributed by atoms with van der Waals surface area (Å²) in [5, 5.41) is 15.2. The number of rotatable bonds is 4. The van der Waals surface area contributed by atoms with Gasteiger partial charge in [-0.15, -0.1) is 0 Å². The molecule has 35 heavy (non-hydrogen) atoms. The van der Waals surface area contributed by atoms with Crippen LogP contribution in [0.15, 0.2) is 67.0 Å². The molecule has 1 saturated heterocycles. The van der Waals surface area contributed by atoms with Crippen molar-refractivity contribution < 1.29 is 4.79 Å². The average molecular weight is 462 g/mol. The number of piperidine rings is 1. The summed E-state index contributed by atoms with van der Waals surface area (Å²) >= 11 is 0. The SMILES string of the molecule is Cc1ccc(C(=O)N2CCC(Nc3cc(-c4cccc(C#N)c4)cc4ccncc34)CC2)c(C)n1. The van der Waals surface area contributed by atoms with Crippen molar-refractivity contribution in [2.24, 2.45) is 0 Å². The van der Waals surface area contributed by atoms with Gasteiger partial charge in [-0.1, -0.05) is 12.1 Å². The molecule has 0 aliphatic carbocycles. The highest BCUT2D eigenvalue weighted by Gasteiger charge is 2.25. The molecule has 6 heteroatoms. The Morgan fingerprint density at radius 3 is 2.66 bits per heavy atom. The Morgan fingerprint density at radius 2 is 1.89 bits per heavy atom. The zero-order valence-electron chi connectivity index (χ0n) is 20.0. The van der Waals surface area contributed by atoms with Gasteiger partial charge in [0.25, 0.3) is 5.91 Å². The summed E-state index contributed by atoms with van der Waals surface area (Å²) in [6.07, 6.45) is 5.41. The number of anilines is 1. The lowest BCUT2D eigenvalue weighted by Gasteiger charge is -2.33. The number of carbonyl (C=O) groups excluding carboxylic acids is 1. The molecule has 5 rings (SSSR count). The molecule has 0 saturated carbocycles. The molecule has 2 aromatic heterocycles. The van der Waals surface area contributed by atoms with Crippen molar-refractivity contribution in [1.82, 2.24) is 14.9 Å². The van der Waals surface area contributed by atoms with E-state index in [9.17, 15) is 10.1 Å². The van der Waals surface area contributed by atoms with E-state index >= 15 is 0 Å². The predicted molar refractivity (Wildman–Crippen MR) is 138 cm³/mol. The number of nitriles is 1. The van der Waals surface area contributed by atoms with Crippen molar-refractivity contribution >= 4 is 22.4 Å². The number of benzene rings is 2. The summed E-state index contributed by atoms with van der Waals surface area (Å²) in [4.78, 5) is 23.8. The minimum Gasteiger partial charge on any atom is -0.382 e. The summed E-state index contributed by atoms with van der Waals surface area (Å²) in [5.74, 6) is 0.0578. The van der Waals surface area contributed by atoms with E-state index in [1.165, 1.54) is 0 Å². The number of nitrogens with one attached hydrogen (secondary N) is 1. The second kappa shape index (κ2) is 9.55. The van der Waals surface area contributed by atoms with Crippen LogP contribution < -0.4 is 5.32 Å². The number of hydrogen-bond donors (Lipinski definition) is 1. The molecule has 0 spiro atoms. The van der Waals surface area contributed by atoms with Crippen LogP contribution in [0.25, 0.3) is 21.9 Å². The number of carbonyl (C=O) groups is 1. The molecule has 4 aromatic rings. The molecule has 1 fully saturated rings. The van der Waals surface area contributed by atoms with Gasteiger partial charge in [-0.2, -0.15) is 5.26 Å². The minimum absolute atomic E-state index is 0.0578. The summed E-state index contributed by atoms with van der Waals surface area (Å²) < 4.78 is 0. The molecule has 2 aromatic carbocycles. The molecule has 6 nitrogen and oxygen atoms in total. The minimum atomic E-state index is 0.0578. The van der Waals surface area contributed by atoms with Crippen LogP contribution >= 0.6 is 0 Å². The van der Waals surface area contributed by atoms with E-state index in [0.29, 0.717) is 24.2 Å². The Morgan fingerprint density at radius 1 is 1.06 bits per heavy atom. The quantitative estimate of drug-likeness (QED) is 0.434. The van der Waals surface area contributed by atoms with E-state index in [1.807, 2.05) is 67.4 Å². The first-order chi connectivity index (χ1) is 17.0. The monoisotopic (exact) mass is 461 g/mol. The molecule has 0 radical (unpaired) electrons. The maximum atomic E-state index is 13.1. The number of nitrogens with zero attached hydrogens (tertiary/aromatic N) is 4. The normalized spacial score (nSPS) is 14.0. The molecule has 1 amide bonds. The predicted octanol–water partition coefficient (Wildman–Crippen LogP) is 5.50. The van der Waals surface area contributed by atoms with Gasteiger partial charge in [0.2, 0.25) is 0 Å². The van der Waals surface area contributed by atoms with Crippen molar-refractivity contribution in [3.8, 4) is 17.2 Å². The third-order valence-corrected chi connectivity index (χ3v) is 6.68. The molecule has 0 atom stereocenters. The first-order valence-corrected chi connectivity index (χ1v) is 11.9. The van der Waals surface area contributed by atoms with E-state index in [4.69, 9.17) is 0 Å². The van der Waals surface area contributed by atoms with Crippen LogP contribution in [0.3, 0.4) is 0 Å². The third kappa shape index (κ3) is 4.71. The van der Waals surface area contributed by atoms with E-state index < -0.39 is 0 Å². The number of fused-ring (bicyclic) bond motifs is 1. The van der Waals surface area contributed by atoms with Crippen LogP contribution in [0.5, 0.6) is 0 Å². The average Bonchev–Trinajstić information content (AvgIpc) is 2.89. The number of pyridine rings is 2. The third-order valence-electron chi connectivity index (χ3n) is 6.68. The zero-order chi connectivity index (χ0) is 24.4. The summed E-state index contributed by atoms with van der Waals surface area (Å²) in [7, 11) is 0. The van der Waals surface area contributed by atoms with Gasteiger partial charge in [0.15, 0.2) is 0 Å². The standard InChI is InChI=1S/C29H27N5O/c1-19-6-7-26(20(2)32-19)29(35)34-12-9-25(10-13-34)33-28-16-24(15-23-8-11-31-18-27(23)28)22-5-3-4-21(14-22)17-30/h3-8,11,14-16,18,25,33H,9-10,12-13H2,1-2H3. The van der Waals surface area contributed by atoms with Crippen molar-refractivity contribution in [2.75, 3.05) is 18.4 Å². The van der Waals surface area contributed by atoms with E-state index in [0.717, 1.165) is 51.8 Å². The molecule has 0 bridgehead atoms. The van der Waals surface area contributed by atoms with Gasteiger partial charge >= 0.3 is 0 Å². The lowest BCUT2D eigenvalue weighted by Crippen LogP contribution is -2.42. The van der Waals surface area contributed by atoms with Gasteiger partial charge in [-0.25, -0.2) is 0 Å². The Labute approximate surface area is 205 Å². The molecular weight excluding hydrogens is 434 g/mol. The highest BCUT2D eigenvalue weighted by Crippen LogP contribution is 2.32. The fourth-order valence-electron chi connectivity index (χ4n) is 4.78. The van der Waals surface area contributed by atoms with Gasteiger partial charge in [-0.3, -0.25) is 14.8 Å². The van der Waals surface area contributed by atoms with Crippen molar-refractivity contribution in [1.29, 1.82) is 5.26 Å². The van der Waals surface area contributed by atoms with Crippen LogP contribution in [-0.2, 0) is 0 Å². The summed E-state index contributed by atoms with van der Waals surface area (Å²) in [6, 6.07) is 20.2. The van der Waals surface area contributed by atoms with Crippen molar-refractivity contribution in [3.63, 3.8) is 0 Å². The number of hydrogen-bond acceptors (Lipinski definition) is 5.